The summed E-state index contributed by atoms with van der Waals surface area (Å²) < 4.78 is 5.66. The van der Waals surface area contributed by atoms with Crippen LogP contribution in [0.5, 0.6) is 5.75 Å². The Kier molecular flexibility index (Phi) is 6.97. The highest BCUT2D eigenvalue weighted by atomic mass is 16.5. The van der Waals surface area contributed by atoms with Crippen LogP contribution in [-0.4, -0.2) is 30.3 Å². The van der Waals surface area contributed by atoms with E-state index < -0.39 is 5.97 Å². The topological polar surface area (TPSA) is 58.6 Å². The van der Waals surface area contributed by atoms with Crippen LogP contribution < -0.4 is 10.1 Å². The number of unbranched alkanes of at least 4 members (excludes halogenated alkanes) is 1. The summed E-state index contributed by atoms with van der Waals surface area (Å²) in [6.45, 7) is 5.55. The Bertz CT molecular complexity index is 375. The molecule has 19 heavy (non-hydrogen) atoms. The van der Waals surface area contributed by atoms with Gasteiger partial charge in [0, 0.05) is 12.5 Å². The second-order valence-corrected chi connectivity index (χ2v) is 4.83. The molecule has 1 unspecified atom stereocenters. The van der Waals surface area contributed by atoms with Crippen molar-refractivity contribution in [3.63, 3.8) is 0 Å². The number of aliphatic carboxylic acids is 1. The summed E-state index contributed by atoms with van der Waals surface area (Å²) >= 11 is 0. The van der Waals surface area contributed by atoms with Gasteiger partial charge in [-0.3, -0.25) is 4.79 Å². The lowest BCUT2D eigenvalue weighted by molar-refractivity contribution is -0.137. The predicted octanol–water partition coefficient (Wildman–Crippen LogP) is 2.61. The quantitative estimate of drug-likeness (QED) is 0.674. The van der Waals surface area contributed by atoms with Gasteiger partial charge >= 0.3 is 5.97 Å². The number of rotatable bonds is 9. The molecular weight excluding hydrogens is 242 g/mol. The molecule has 106 valence electrons. The summed E-state index contributed by atoms with van der Waals surface area (Å²) in [4.78, 5) is 10.3. The van der Waals surface area contributed by atoms with Gasteiger partial charge < -0.3 is 15.2 Å². The smallest absolute Gasteiger partial charge is 0.303 e. The summed E-state index contributed by atoms with van der Waals surface area (Å²) in [5.74, 6) is 0.154. The van der Waals surface area contributed by atoms with Crippen LogP contribution in [-0.2, 0) is 4.79 Å². The third-order valence-corrected chi connectivity index (χ3v) is 2.83. The summed E-state index contributed by atoms with van der Waals surface area (Å²) in [5.41, 5.74) is 1.22. The lowest BCUT2D eigenvalue weighted by Crippen LogP contribution is -2.32. The van der Waals surface area contributed by atoms with Crippen LogP contribution >= 0.6 is 0 Å². The molecule has 4 heteroatoms. The monoisotopic (exact) mass is 265 g/mol. The maximum absolute atomic E-state index is 10.3. The van der Waals surface area contributed by atoms with Gasteiger partial charge in [-0.1, -0.05) is 17.7 Å². The molecule has 0 aliphatic rings. The lowest BCUT2D eigenvalue weighted by atomic mass is 10.2. The van der Waals surface area contributed by atoms with Crippen molar-refractivity contribution in [2.24, 2.45) is 0 Å². The highest BCUT2D eigenvalue weighted by Gasteiger charge is 2.03. The van der Waals surface area contributed by atoms with E-state index in [1.807, 2.05) is 31.2 Å². The molecule has 0 heterocycles. The van der Waals surface area contributed by atoms with Crippen molar-refractivity contribution in [1.82, 2.24) is 5.32 Å². The minimum Gasteiger partial charge on any atom is -0.492 e. The summed E-state index contributed by atoms with van der Waals surface area (Å²) in [6, 6.07) is 8.24. The van der Waals surface area contributed by atoms with Crippen molar-refractivity contribution in [3.05, 3.63) is 29.8 Å². The minimum atomic E-state index is -0.726. The SMILES string of the molecule is Cc1ccc(OCC(C)NCCCCC(=O)O)cc1. The molecule has 0 aliphatic carbocycles. The Morgan fingerprint density at radius 1 is 1.32 bits per heavy atom. The molecule has 1 aromatic rings. The third-order valence-electron chi connectivity index (χ3n) is 2.83. The molecule has 1 aromatic carbocycles. The summed E-state index contributed by atoms with van der Waals surface area (Å²) in [6.07, 6.45) is 1.84. The highest BCUT2D eigenvalue weighted by molar-refractivity contribution is 5.66. The predicted molar refractivity (Wildman–Crippen MR) is 75.6 cm³/mol. The van der Waals surface area contributed by atoms with Gasteiger partial charge in [-0.15, -0.1) is 0 Å². The van der Waals surface area contributed by atoms with Crippen molar-refractivity contribution in [1.29, 1.82) is 0 Å². The normalized spacial score (nSPS) is 12.1. The fourth-order valence-corrected chi connectivity index (χ4v) is 1.66. The molecule has 1 rings (SSSR count). The van der Waals surface area contributed by atoms with E-state index in [4.69, 9.17) is 9.84 Å². The molecule has 0 bridgehead atoms. The molecule has 4 nitrogen and oxygen atoms in total. The van der Waals surface area contributed by atoms with E-state index in [1.165, 1.54) is 5.56 Å². The number of carboxylic acid groups (broad SMARTS) is 1. The molecule has 2 N–H and O–H groups in total. The minimum absolute atomic E-state index is 0.246. The van der Waals surface area contributed by atoms with Gasteiger partial charge in [-0.05, 0) is 45.4 Å². The van der Waals surface area contributed by atoms with Crippen LogP contribution in [0.4, 0.5) is 0 Å². The second kappa shape index (κ2) is 8.53. The van der Waals surface area contributed by atoms with E-state index in [-0.39, 0.29) is 12.5 Å². The number of carboxylic acids is 1. The number of carbonyl (C=O) groups is 1. The molecule has 0 aromatic heterocycles. The average Bonchev–Trinajstić information content (AvgIpc) is 2.37. The van der Waals surface area contributed by atoms with E-state index in [2.05, 4.69) is 12.2 Å². The van der Waals surface area contributed by atoms with Gasteiger partial charge in [0.05, 0.1) is 0 Å². The van der Waals surface area contributed by atoms with Crippen molar-refractivity contribution in [2.45, 2.75) is 39.2 Å². The van der Waals surface area contributed by atoms with Crippen LogP contribution in [0.25, 0.3) is 0 Å². The zero-order valence-corrected chi connectivity index (χ0v) is 11.7. The van der Waals surface area contributed by atoms with Crippen LogP contribution in [0.3, 0.4) is 0 Å². The number of hydrogen-bond acceptors (Lipinski definition) is 3. The zero-order valence-electron chi connectivity index (χ0n) is 11.7. The Morgan fingerprint density at radius 3 is 2.63 bits per heavy atom. The third kappa shape index (κ3) is 7.47. The van der Waals surface area contributed by atoms with E-state index in [1.54, 1.807) is 0 Å². The van der Waals surface area contributed by atoms with Crippen LogP contribution in [0, 0.1) is 6.92 Å². The first-order valence-corrected chi connectivity index (χ1v) is 6.72. The molecule has 0 aliphatic heterocycles. The van der Waals surface area contributed by atoms with E-state index >= 15 is 0 Å². The maximum Gasteiger partial charge on any atom is 0.303 e. The summed E-state index contributed by atoms with van der Waals surface area (Å²) in [7, 11) is 0. The molecule has 1 atom stereocenters. The first-order chi connectivity index (χ1) is 9.08. The average molecular weight is 265 g/mol. The van der Waals surface area contributed by atoms with Crippen LogP contribution in [0.2, 0.25) is 0 Å². The van der Waals surface area contributed by atoms with Crippen LogP contribution in [0.15, 0.2) is 24.3 Å². The molecule has 0 saturated carbocycles. The van der Waals surface area contributed by atoms with E-state index in [0.717, 1.165) is 18.7 Å². The molecule has 0 amide bonds. The van der Waals surface area contributed by atoms with Crippen molar-refractivity contribution in [2.75, 3.05) is 13.2 Å². The van der Waals surface area contributed by atoms with E-state index in [9.17, 15) is 4.79 Å². The van der Waals surface area contributed by atoms with Gasteiger partial charge in [0.2, 0.25) is 0 Å². The molecule has 0 fully saturated rings. The molecular formula is C15H23NO3. The standard InChI is InChI=1S/C15H23NO3/c1-12-6-8-14(9-7-12)19-11-13(2)16-10-4-3-5-15(17)18/h6-9,13,16H,3-5,10-11H2,1-2H3,(H,17,18). The second-order valence-electron chi connectivity index (χ2n) is 4.83. The highest BCUT2D eigenvalue weighted by Crippen LogP contribution is 2.11. The van der Waals surface area contributed by atoms with Crippen LogP contribution in [0.1, 0.15) is 31.7 Å². The Hall–Kier alpha value is -1.55. The summed E-state index contributed by atoms with van der Waals surface area (Å²) in [5, 5.41) is 11.8. The number of ether oxygens (including phenoxy) is 1. The van der Waals surface area contributed by atoms with Gasteiger partial charge in [-0.2, -0.15) is 0 Å². The first kappa shape index (κ1) is 15.5. The lowest BCUT2D eigenvalue weighted by Gasteiger charge is -2.15. The Balaban J connectivity index is 2.09. The maximum atomic E-state index is 10.3. The van der Waals surface area contributed by atoms with Gasteiger partial charge in [0.15, 0.2) is 0 Å². The van der Waals surface area contributed by atoms with E-state index in [0.29, 0.717) is 13.0 Å². The molecule has 0 radical (unpaired) electrons. The number of hydrogen-bond donors (Lipinski definition) is 2. The fourth-order valence-electron chi connectivity index (χ4n) is 1.66. The van der Waals surface area contributed by atoms with Crippen molar-refractivity contribution < 1.29 is 14.6 Å². The van der Waals surface area contributed by atoms with Gasteiger partial charge in [-0.25, -0.2) is 0 Å². The fraction of sp³-hybridized carbons (Fsp3) is 0.533. The van der Waals surface area contributed by atoms with Crippen molar-refractivity contribution in [3.8, 4) is 5.75 Å². The number of aryl methyl sites for hydroxylation is 1. The Morgan fingerprint density at radius 2 is 2.00 bits per heavy atom. The van der Waals surface area contributed by atoms with Crippen molar-refractivity contribution >= 4 is 5.97 Å². The van der Waals surface area contributed by atoms with Gasteiger partial charge in [0.1, 0.15) is 12.4 Å². The first-order valence-electron chi connectivity index (χ1n) is 6.72. The Labute approximate surface area is 114 Å². The largest absolute Gasteiger partial charge is 0.492 e. The molecule has 0 saturated heterocycles. The zero-order chi connectivity index (χ0) is 14.1. The number of nitrogens with one attached hydrogen (secondary N) is 1. The molecule has 0 spiro atoms. The number of benzene rings is 1. The van der Waals surface area contributed by atoms with Gasteiger partial charge in [0.25, 0.3) is 0 Å².